The van der Waals surface area contributed by atoms with Gasteiger partial charge in [-0.3, -0.25) is 0 Å². The van der Waals surface area contributed by atoms with Crippen molar-refractivity contribution in [3.05, 3.63) is 28.2 Å². The van der Waals surface area contributed by atoms with Crippen molar-refractivity contribution in [3.8, 4) is 0 Å². The van der Waals surface area contributed by atoms with Gasteiger partial charge in [-0.1, -0.05) is 23.2 Å². The number of likely N-dealkylation sites (tertiary alicyclic amines) is 1. The van der Waals surface area contributed by atoms with Crippen molar-refractivity contribution in [1.82, 2.24) is 4.90 Å². The molecule has 3 rings (SSSR count). The van der Waals surface area contributed by atoms with E-state index in [9.17, 15) is 4.79 Å². The highest BCUT2D eigenvalue weighted by molar-refractivity contribution is 6.42. The highest BCUT2D eigenvalue weighted by Crippen LogP contribution is 2.37. The minimum atomic E-state index is -0.0926. The topological polar surface area (TPSA) is 58.4 Å². The molecule has 0 bridgehead atoms. The fourth-order valence-corrected chi connectivity index (χ4v) is 3.55. The third kappa shape index (κ3) is 2.60. The predicted octanol–water partition coefficient (Wildman–Crippen LogP) is 3.19. The number of hydrogen-bond acceptors (Lipinski definition) is 2. The molecular weight excluding hydrogens is 297 g/mol. The summed E-state index contributed by atoms with van der Waals surface area (Å²) in [6.07, 6.45) is 2.21. The average Bonchev–Trinajstić information content (AvgIpc) is 2.97. The molecule has 1 saturated heterocycles. The van der Waals surface area contributed by atoms with Gasteiger partial charge in [0, 0.05) is 24.8 Å². The van der Waals surface area contributed by atoms with E-state index in [-0.39, 0.29) is 12.1 Å². The molecule has 108 valence electrons. The van der Waals surface area contributed by atoms with E-state index >= 15 is 0 Å². The van der Waals surface area contributed by atoms with Gasteiger partial charge in [-0.15, -0.1) is 0 Å². The van der Waals surface area contributed by atoms with Crippen LogP contribution in [0.4, 0.5) is 10.5 Å². The maximum atomic E-state index is 12.2. The van der Waals surface area contributed by atoms with Gasteiger partial charge in [0.2, 0.25) is 0 Å². The zero-order valence-corrected chi connectivity index (χ0v) is 12.5. The minimum Gasteiger partial charge on any atom is -0.327 e. The van der Waals surface area contributed by atoms with Crippen LogP contribution in [0.1, 0.15) is 12.8 Å². The second-order valence-corrected chi connectivity index (χ2v) is 6.44. The number of amides is 2. The van der Waals surface area contributed by atoms with E-state index in [1.807, 2.05) is 4.90 Å². The number of carbonyl (C=O) groups excluding carboxylic acids is 1. The molecule has 1 saturated carbocycles. The Kier molecular flexibility index (Phi) is 3.80. The molecule has 0 spiro atoms. The molecule has 0 aromatic heterocycles. The van der Waals surface area contributed by atoms with Crippen LogP contribution in [-0.4, -0.2) is 30.1 Å². The molecule has 2 fully saturated rings. The molecule has 3 unspecified atom stereocenters. The SMILES string of the molecule is NC1CCC2CN(C(=O)Nc3ccc(Cl)c(Cl)c3)CC12. The van der Waals surface area contributed by atoms with E-state index in [2.05, 4.69) is 5.32 Å². The van der Waals surface area contributed by atoms with Crippen LogP contribution in [0, 0.1) is 11.8 Å². The number of halogens is 2. The van der Waals surface area contributed by atoms with Gasteiger partial charge in [0.15, 0.2) is 0 Å². The van der Waals surface area contributed by atoms with Gasteiger partial charge >= 0.3 is 6.03 Å². The van der Waals surface area contributed by atoms with E-state index in [1.54, 1.807) is 18.2 Å². The standard InChI is InChI=1S/C14H17Cl2N3O/c15-11-3-2-9(5-12(11)16)18-14(20)19-6-8-1-4-13(17)10(8)7-19/h2-3,5,8,10,13H,1,4,6-7,17H2,(H,18,20). The van der Waals surface area contributed by atoms with Crippen LogP contribution in [0.3, 0.4) is 0 Å². The maximum Gasteiger partial charge on any atom is 0.321 e. The zero-order valence-electron chi connectivity index (χ0n) is 11.0. The van der Waals surface area contributed by atoms with Gasteiger partial charge < -0.3 is 16.0 Å². The lowest BCUT2D eigenvalue weighted by atomic mass is 9.98. The first-order valence-corrected chi connectivity index (χ1v) is 7.57. The maximum absolute atomic E-state index is 12.2. The molecule has 1 aromatic carbocycles. The normalized spacial score (nSPS) is 28.6. The van der Waals surface area contributed by atoms with E-state index in [1.165, 1.54) is 0 Å². The first kappa shape index (κ1) is 14.0. The minimum absolute atomic E-state index is 0.0926. The number of nitrogens with zero attached hydrogens (tertiary/aromatic N) is 1. The van der Waals surface area contributed by atoms with Crippen molar-refractivity contribution in [1.29, 1.82) is 0 Å². The summed E-state index contributed by atoms with van der Waals surface area (Å²) in [5.74, 6) is 1.01. The van der Waals surface area contributed by atoms with Crippen molar-refractivity contribution in [2.45, 2.75) is 18.9 Å². The third-order valence-electron chi connectivity index (χ3n) is 4.37. The summed E-state index contributed by atoms with van der Waals surface area (Å²) in [7, 11) is 0. The van der Waals surface area contributed by atoms with Crippen LogP contribution in [0.2, 0.25) is 10.0 Å². The first-order chi connectivity index (χ1) is 9.54. The fraction of sp³-hybridized carbons (Fsp3) is 0.500. The third-order valence-corrected chi connectivity index (χ3v) is 5.11. The smallest absolute Gasteiger partial charge is 0.321 e. The van der Waals surface area contributed by atoms with Crippen molar-refractivity contribution in [2.24, 2.45) is 17.6 Å². The van der Waals surface area contributed by atoms with E-state index in [4.69, 9.17) is 28.9 Å². The van der Waals surface area contributed by atoms with Crippen molar-refractivity contribution in [2.75, 3.05) is 18.4 Å². The van der Waals surface area contributed by atoms with Gasteiger partial charge in [-0.25, -0.2) is 4.79 Å². The number of fused-ring (bicyclic) bond motifs is 1. The van der Waals surface area contributed by atoms with Crippen LogP contribution < -0.4 is 11.1 Å². The molecular formula is C14H17Cl2N3O. The van der Waals surface area contributed by atoms with Crippen LogP contribution in [0.25, 0.3) is 0 Å². The Hall–Kier alpha value is -0.970. The monoisotopic (exact) mass is 313 g/mol. The number of benzene rings is 1. The number of carbonyl (C=O) groups is 1. The van der Waals surface area contributed by atoms with Crippen LogP contribution in [0.15, 0.2) is 18.2 Å². The number of nitrogens with one attached hydrogen (secondary N) is 1. The molecule has 2 amide bonds. The molecule has 1 aliphatic heterocycles. The van der Waals surface area contributed by atoms with Crippen molar-refractivity contribution in [3.63, 3.8) is 0 Å². The lowest BCUT2D eigenvalue weighted by molar-refractivity contribution is 0.218. The number of urea groups is 1. The highest BCUT2D eigenvalue weighted by Gasteiger charge is 2.42. The van der Waals surface area contributed by atoms with E-state index < -0.39 is 0 Å². The Morgan fingerprint density at radius 2 is 2.05 bits per heavy atom. The first-order valence-electron chi connectivity index (χ1n) is 6.81. The quantitative estimate of drug-likeness (QED) is 0.836. The summed E-state index contributed by atoms with van der Waals surface area (Å²) < 4.78 is 0. The van der Waals surface area contributed by atoms with Gasteiger partial charge in [0.25, 0.3) is 0 Å². The Balaban J connectivity index is 1.64. The molecule has 20 heavy (non-hydrogen) atoms. The fourth-order valence-electron chi connectivity index (χ4n) is 3.25. The lowest BCUT2D eigenvalue weighted by Crippen LogP contribution is -2.36. The Morgan fingerprint density at radius 3 is 2.75 bits per heavy atom. The molecule has 0 radical (unpaired) electrons. The average molecular weight is 314 g/mol. The molecule has 4 nitrogen and oxygen atoms in total. The summed E-state index contributed by atoms with van der Waals surface area (Å²) in [6, 6.07) is 5.22. The Morgan fingerprint density at radius 1 is 1.25 bits per heavy atom. The molecule has 1 aliphatic carbocycles. The molecule has 3 atom stereocenters. The second-order valence-electron chi connectivity index (χ2n) is 5.63. The van der Waals surface area contributed by atoms with E-state index in [0.29, 0.717) is 27.6 Å². The second kappa shape index (κ2) is 5.43. The van der Waals surface area contributed by atoms with Crippen LogP contribution in [-0.2, 0) is 0 Å². The molecule has 2 aliphatic rings. The van der Waals surface area contributed by atoms with Crippen molar-refractivity contribution < 1.29 is 4.79 Å². The highest BCUT2D eigenvalue weighted by atomic mass is 35.5. The van der Waals surface area contributed by atoms with E-state index in [0.717, 1.165) is 25.9 Å². The number of rotatable bonds is 1. The predicted molar refractivity (Wildman–Crippen MR) is 81.2 cm³/mol. The van der Waals surface area contributed by atoms with Gasteiger partial charge in [-0.2, -0.15) is 0 Å². The van der Waals surface area contributed by atoms with Crippen LogP contribution in [0.5, 0.6) is 0 Å². The number of anilines is 1. The summed E-state index contributed by atoms with van der Waals surface area (Å²) in [6.45, 7) is 1.55. The Labute approximate surface area is 128 Å². The van der Waals surface area contributed by atoms with Gasteiger partial charge in [-0.05, 0) is 42.9 Å². The summed E-state index contributed by atoms with van der Waals surface area (Å²) in [4.78, 5) is 14.1. The lowest BCUT2D eigenvalue weighted by Gasteiger charge is -2.19. The zero-order chi connectivity index (χ0) is 14.3. The van der Waals surface area contributed by atoms with Gasteiger partial charge in [0.05, 0.1) is 10.0 Å². The van der Waals surface area contributed by atoms with Crippen molar-refractivity contribution >= 4 is 34.9 Å². The van der Waals surface area contributed by atoms with Crippen LogP contribution >= 0.6 is 23.2 Å². The summed E-state index contributed by atoms with van der Waals surface area (Å²) in [5.41, 5.74) is 6.74. The number of hydrogen-bond donors (Lipinski definition) is 2. The molecule has 3 N–H and O–H groups in total. The Bertz CT molecular complexity index is 537. The molecule has 6 heteroatoms. The van der Waals surface area contributed by atoms with Gasteiger partial charge in [0.1, 0.15) is 0 Å². The summed E-state index contributed by atoms with van der Waals surface area (Å²) >= 11 is 11.8. The molecule has 1 heterocycles. The largest absolute Gasteiger partial charge is 0.327 e. The summed E-state index contributed by atoms with van der Waals surface area (Å²) in [5, 5.41) is 3.77. The molecule has 1 aromatic rings. The number of nitrogens with two attached hydrogens (primary N) is 1.